The predicted molar refractivity (Wildman–Crippen MR) is 163 cm³/mol. The standard InChI is InChI=1S/C31H33BrFN3O6S/c1-21(31(38)34-25-7-2-3-8-25)35(19-22-5-4-6-23(32)17-22)30(37)20-36(26-11-9-24(33)10-12-26)43(39,40)27-13-14-28-29(18-27)42-16-15-41-28/h4-6,9-14,17-18,21,25H,2-3,7-8,15-16,19-20H2,1H3,(H,34,38). The topological polar surface area (TPSA) is 105 Å². The molecule has 3 aromatic rings. The quantitative estimate of drug-likeness (QED) is 0.324. The van der Waals surface area contributed by atoms with E-state index in [2.05, 4.69) is 21.2 Å². The van der Waals surface area contributed by atoms with Crippen LogP contribution < -0.4 is 19.1 Å². The number of carbonyl (C=O) groups is 2. The monoisotopic (exact) mass is 673 g/mol. The minimum Gasteiger partial charge on any atom is -0.486 e. The normalized spacial score (nSPS) is 15.5. The molecule has 0 bridgehead atoms. The second-order valence-electron chi connectivity index (χ2n) is 10.6. The van der Waals surface area contributed by atoms with Crippen LogP contribution in [0.1, 0.15) is 38.2 Å². The van der Waals surface area contributed by atoms with E-state index in [-0.39, 0.29) is 41.4 Å². The Morgan fingerprint density at radius 1 is 1.00 bits per heavy atom. The van der Waals surface area contributed by atoms with E-state index < -0.39 is 34.3 Å². The molecule has 2 aliphatic rings. The van der Waals surface area contributed by atoms with Gasteiger partial charge >= 0.3 is 0 Å². The summed E-state index contributed by atoms with van der Waals surface area (Å²) >= 11 is 3.45. The molecular weight excluding hydrogens is 641 g/mol. The second kappa shape index (κ2) is 13.3. The molecule has 0 saturated heterocycles. The molecule has 228 valence electrons. The second-order valence-corrected chi connectivity index (χ2v) is 13.4. The Labute approximate surface area is 259 Å². The molecule has 0 radical (unpaired) electrons. The summed E-state index contributed by atoms with van der Waals surface area (Å²) in [5.74, 6) is -0.777. The summed E-state index contributed by atoms with van der Waals surface area (Å²) in [6, 6.07) is 15.6. The number of rotatable bonds is 10. The molecule has 3 aromatic carbocycles. The summed E-state index contributed by atoms with van der Waals surface area (Å²) < 4.78 is 54.9. The van der Waals surface area contributed by atoms with Gasteiger partial charge in [-0.15, -0.1) is 0 Å². The third-order valence-corrected chi connectivity index (χ3v) is 9.87. The summed E-state index contributed by atoms with van der Waals surface area (Å²) in [6.07, 6.45) is 3.82. The maximum absolute atomic E-state index is 14.1. The lowest BCUT2D eigenvalue weighted by Crippen LogP contribution is -2.52. The fourth-order valence-electron chi connectivity index (χ4n) is 5.25. The van der Waals surface area contributed by atoms with Crippen LogP contribution in [0.3, 0.4) is 0 Å². The molecule has 1 atom stereocenters. The van der Waals surface area contributed by atoms with Gasteiger partial charge < -0.3 is 19.7 Å². The molecule has 0 aromatic heterocycles. The Balaban J connectivity index is 1.48. The molecule has 1 aliphatic heterocycles. The van der Waals surface area contributed by atoms with Crippen molar-refractivity contribution in [2.45, 2.75) is 56.1 Å². The van der Waals surface area contributed by atoms with E-state index >= 15 is 0 Å². The molecule has 1 heterocycles. The van der Waals surface area contributed by atoms with E-state index in [9.17, 15) is 22.4 Å². The Morgan fingerprint density at radius 2 is 1.70 bits per heavy atom. The van der Waals surface area contributed by atoms with Gasteiger partial charge in [-0.05, 0) is 73.9 Å². The lowest BCUT2D eigenvalue weighted by molar-refractivity contribution is -0.139. The van der Waals surface area contributed by atoms with Gasteiger partial charge in [0.2, 0.25) is 11.8 Å². The number of ether oxygens (including phenoxy) is 2. The van der Waals surface area contributed by atoms with Crippen molar-refractivity contribution in [2.75, 3.05) is 24.1 Å². The summed E-state index contributed by atoms with van der Waals surface area (Å²) in [5.41, 5.74) is 0.848. The van der Waals surface area contributed by atoms with Crippen LogP contribution in [0.25, 0.3) is 0 Å². The number of halogens is 2. The smallest absolute Gasteiger partial charge is 0.264 e. The van der Waals surface area contributed by atoms with Crippen LogP contribution in [0.2, 0.25) is 0 Å². The molecule has 5 rings (SSSR count). The van der Waals surface area contributed by atoms with Crippen LogP contribution in [-0.2, 0) is 26.2 Å². The Kier molecular flexibility index (Phi) is 9.55. The molecule has 1 N–H and O–H groups in total. The first kappa shape index (κ1) is 30.8. The van der Waals surface area contributed by atoms with Crippen molar-refractivity contribution < 1.29 is 31.9 Å². The zero-order valence-corrected chi connectivity index (χ0v) is 26.1. The zero-order chi connectivity index (χ0) is 30.6. The molecule has 1 fully saturated rings. The van der Waals surface area contributed by atoms with Gasteiger partial charge in [0.15, 0.2) is 11.5 Å². The number of fused-ring (bicyclic) bond motifs is 1. The highest BCUT2D eigenvalue weighted by atomic mass is 79.9. The Bertz CT molecular complexity index is 1580. The van der Waals surface area contributed by atoms with Crippen LogP contribution >= 0.6 is 15.9 Å². The fraction of sp³-hybridized carbons (Fsp3) is 0.355. The molecule has 1 unspecified atom stereocenters. The van der Waals surface area contributed by atoms with Crippen LogP contribution in [0, 0.1) is 5.82 Å². The lowest BCUT2D eigenvalue weighted by atomic mass is 10.1. The zero-order valence-electron chi connectivity index (χ0n) is 23.7. The lowest BCUT2D eigenvalue weighted by Gasteiger charge is -2.32. The number of amides is 2. The fourth-order valence-corrected chi connectivity index (χ4v) is 7.13. The number of benzene rings is 3. The number of hydrogen-bond acceptors (Lipinski definition) is 6. The van der Waals surface area contributed by atoms with Crippen LogP contribution in [0.5, 0.6) is 11.5 Å². The number of sulfonamides is 1. The van der Waals surface area contributed by atoms with Gasteiger partial charge in [0.1, 0.15) is 31.6 Å². The summed E-state index contributed by atoms with van der Waals surface area (Å²) in [4.78, 5) is 28.7. The van der Waals surface area contributed by atoms with E-state index in [1.165, 1.54) is 35.2 Å². The molecule has 0 spiro atoms. The number of anilines is 1. The number of carbonyl (C=O) groups excluding carboxylic acids is 2. The molecule has 1 aliphatic carbocycles. The maximum atomic E-state index is 14.1. The predicted octanol–water partition coefficient (Wildman–Crippen LogP) is 5.03. The van der Waals surface area contributed by atoms with Crippen molar-refractivity contribution in [3.63, 3.8) is 0 Å². The number of hydrogen-bond donors (Lipinski definition) is 1. The third-order valence-electron chi connectivity index (χ3n) is 7.61. The summed E-state index contributed by atoms with van der Waals surface area (Å²) in [7, 11) is -4.35. The van der Waals surface area contributed by atoms with E-state index in [4.69, 9.17) is 9.47 Å². The Morgan fingerprint density at radius 3 is 2.40 bits per heavy atom. The first-order valence-electron chi connectivity index (χ1n) is 14.1. The van der Waals surface area contributed by atoms with Gasteiger partial charge in [-0.2, -0.15) is 0 Å². The minimum absolute atomic E-state index is 0.0454. The van der Waals surface area contributed by atoms with Crippen molar-refractivity contribution >= 4 is 43.5 Å². The first-order chi connectivity index (χ1) is 20.6. The minimum atomic E-state index is -4.35. The molecule has 1 saturated carbocycles. The van der Waals surface area contributed by atoms with Gasteiger partial charge in [-0.25, -0.2) is 12.8 Å². The van der Waals surface area contributed by atoms with Gasteiger partial charge in [0.05, 0.1) is 10.6 Å². The average Bonchev–Trinajstić information content (AvgIpc) is 3.51. The highest BCUT2D eigenvalue weighted by Gasteiger charge is 2.34. The SMILES string of the molecule is CC(C(=O)NC1CCCC1)N(Cc1cccc(Br)c1)C(=O)CN(c1ccc(F)cc1)S(=O)(=O)c1ccc2c(c1)OCCO2. The van der Waals surface area contributed by atoms with E-state index in [0.29, 0.717) is 12.4 Å². The van der Waals surface area contributed by atoms with Crippen molar-refractivity contribution in [1.29, 1.82) is 0 Å². The van der Waals surface area contributed by atoms with Gasteiger partial charge in [-0.1, -0.05) is 40.9 Å². The molecular formula is C31H33BrFN3O6S. The van der Waals surface area contributed by atoms with Gasteiger partial charge in [0, 0.05) is 23.1 Å². The molecule has 9 nitrogen and oxygen atoms in total. The van der Waals surface area contributed by atoms with E-state index in [0.717, 1.165) is 52.2 Å². The van der Waals surface area contributed by atoms with E-state index in [1.54, 1.807) is 6.92 Å². The molecule has 12 heteroatoms. The van der Waals surface area contributed by atoms with Crippen LogP contribution in [0.4, 0.5) is 10.1 Å². The first-order valence-corrected chi connectivity index (χ1v) is 16.4. The van der Waals surface area contributed by atoms with Crippen LogP contribution in [-0.4, -0.2) is 57.0 Å². The maximum Gasteiger partial charge on any atom is 0.264 e. The Hall–Kier alpha value is -3.64. The van der Waals surface area contributed by atoms with Crippen molar-refractivity contribution in [2.24, 2.45) is 0 Å². The highest BCUT2D eigenvalue weighted by Crippen LogP contribution is 2.34. The molecule has 43 heavy (non-hydrogen) atoms. The largest absolute Gasteiger partial charge is 0.486 e. The van der Waals surface area contributed by atoms with Gasteiger partial charge in [0.25, 0.3) is 10.0 Å². The molecule has 2 amide bonds. The summed E-state index contributed by atoms with van der Waals surface area (Å²) in [5, 5.41) is 3.05. The highest BCUT2D eigenvalue weighted by molar-refractivity contribution is 9.10. The number of nitrogens with zero attached hydrogens (tertiary/aromatic N) is 2. The van der Waals surface area contributed by atoms with E-state index in [1.807, 2.05) is 24.3 Å². The number of nitrogens with one attached hydrogen (secondary N) is 1. The van der Waals surface area contributed by atoms with Crippen molar-refractivity contribution in [1.82, 2.24) is 10.2 Å². The van der Waals surface area contributed by atoms with Crippen molar-refractivity contribution in [3.05, 3.63) is 82.6 Å². The average molecular weight is 675 g/mol. The third kappa shape index (κ3) is 7.30. The van der Waals surface area contributed by atoms with Gasteiger partial charge in [-0.3, -0.25) is 13.9 Å². The summed E-state index contributed by atoms with van der Waals surface area (Å²) in [6.45, 7) is 1.69. The van der Waals surface area contributed by atoms with Crippen LogP contribution in [0.15, 0.2) is 76.1 Å². The van der Waals surface area contributed by atoms with Crippen molar-refractivity contribution in [3.8, 4) is 11.5 Å².